The number of nitrogens with one attached hydrogen (secondary N) is 1. The predicted octanol–water partition coefficient (Wildman–Crippen LogP) is 3.51. The third kappa shape index (κ3) is 2.84. The van der Waals surface area contributed by atoms with Crippen molar-refractivity contribution in [3.05, 3.63) is 95.0 Å². The molecule has 0 aliphatic rings. The van der Waals surface area contributed by atoms with E-state index in [9.17, 15) is 9.59 Å². The van der Waals surface area contributed by atoms with Crippen molar-refractivity contribution in [3.63, 3.8) is 0 Å². The Morgan fingerprint density at radius 3 is 2.53 bits per heavy atom. The summed E-state index contributed by atoms with van der Waals surface area (Å²) in [5, 5.41) is 0. The van der Waals surface area contributed by atoms with E-state index in [2.05, 4.69) is 15.0 Å². The van der Waals surface area contributed by atoms with Gasteiger partial charge in [0.25, 0.3) is 11.5 Å². The molecule has 0 saturated carbocycles. The van der Waals surface area contributed by atoms with Crippen LogP contribution in [-0.4, -0.2) is 32.3 Å². The first-order valence-corrected chi connectivity index (χ1v) is 9.41. The van der Waals surface area contributed by atoms with Gasteiger partial charge in [-0.25, -0.2) is 9.97 Å². The summed E-state index contributed by atoms with van der Waals surface area (Å²) in [6.45, 7) is 0. The number of H-pyrrole nitrogens is 1. The van der Waals surface area contributed by atoms with Crippen molar-refractivity contribution in [1.29, 1.82) is 0 Å². The largest absolute Gasteiger partial charge is 0.319 e. The second-order valence-corrected chi connectivity index (χ2v) is 6.91. The molecule has 0 spiro atoms. The van der Waals surface area contributed by atoms with Crippen LogP contribution < -0.4 is 10.5 Å². The zero-order chi connectivity index (χ0) is 20.7. The number of benzene rings is 2. The lowest BCUT2D eigenvalue weighted by molar-refractivity contribution is 0.0992. The molecule has 5 aromatic rings. The van der Waals surface area contributed by atoms with E-state index in [-0.39, 0.29) is 11.5 Å². The zero-order valence-corrected chi connectivity index (χ0v) is 16.1. The van der Waals surface area contributed by atoms with Gasteiger partial charge in [-0.1, -0.05) is 36.4 Å². The molecule has 0 fully saturated rings. The highest BCUT2D eigenvalue weighted by molar-refractivity contribution is 6.07. The molecule has 0 aliphatic heterocycles. The van der Waals surface area contributed by atoms with E-state index in [1.165, 1.54) is 4.90 Å². The van der Waals surface area contributed by atoms with Crippen molar-refractivity contribution in [2.24, 2.45) is 0 Å². The average molecular weight is 395 g/mol. The maximum atomic E-state index is 13.1. The summed E-state index contributed by atoms with van der Waals surface area (Å²) in [6.07, 6.45) is 3.19. The number of fused-ring (bicyclic) bond motifs is 3. The molecule has 3 heterocycles. The van der Waals surface area contributed by atoms with Gasteiger partial charge in [0.1, 0.15) is 17.2 Å². The van der Waals surface area contributed by atoms with E-state index >= 15 is 0 Å². The minimum Gasteiger partial charge on any atom is -0.319 e. The fourth-order valence-corrected chi connectivity index (χ4v) is 3.54. The van der Waals surface area contributed by atoms with Gasteiger partial charge in [-0.05, 0) is 30.3 Å². The number of aromatic nitrogens is 4. The van der Waals surface area contributed by atoms with Gasteiger partial charge in [-0.15, -0.1) is 0 Å². The fourth-order valence-electron chi connectivity index (χ4n) is 3.54. The van der Waals surface area contributed by atoms with Gasteiger partial charge in [0.15, 0.2) is 0 Å². The van der Waals surface area contributed by atoms with Crippen LogP contribution in [0.1, 0.15) is 10.4 Å². The first-order chi connectivity index (χ1) is 14.6. The molecular weight excluding hydrogens is 378 g/mol. The first kappa shape index (κ1) is 17.8. The Labute approximate surface area is 171 Å². The van der Waals surface area contributed by atoms with E-state index in [0.29, 0.717) is 33.8 Å². The summed E-state index contributed by atoms with van der Waals surface area (Å²) in [5.41, 5.74) is 2.87. The zero-order valence-electron chi connectivity index (χ0n) is 16.1. The molecule has 30 heavy (non-hydrogen) atoms. The molecule has 1 amide bonds. The van der Waals surface area contributed by atoms with Crippen molar-refractivity contribution < 1.29 is 4.79 Å². The van der Waals surface area contributed by atoms with Crippen molar-refractivity contribution >= 4 is 28.3 Å². The summed E-state index contributed by atoms with van der Waals surface area (Å²) in [4.78, 5) is 38.7. The van der Waals surface area contributed by atoms with Gasteiger partial charge in [-0.3, -0.25) is 18.9 Å². The number of anilines is 1. The minimum atomic E-state index is -0.234. The van der Waals surface area contributed by atoms with E-state index in [1.807, 2.05) is 36.4 Å². The molecule has 0 saturated heterocycles. The number of aromatic amines is 1. The topological polar surface area (TPSA) is 83.4 Å². The molecule has 3 aromatic heterocycles. The highest BCUT2D eigenvalue weighted by Gasteiger charge is 2.17. The SMILES string of the molecule is CN(C(=O)c1ccc2[nH]c(=O)c3cnc(-c4ccccc4)n3c2c1)c1ccccn1. The number of nitrogens with zero attached hydrogens (tertiary/aromatic N) is 4. The van der Waals surface area contributed by atoms with Crippen LogP contribution >= 0.6 is 0 Å². The summed E-state index contributed by atoms with van der Waals surface area (Å²) in [7, 11) is 1.68. The Bertz CT molecular complexity index is 1440. The van der Waals surface area contributed by atoms with Gasteiger partial charge in [-0.2, -0.15) is 0 Å². The second-order valence-electron chi connectivity index (χ2n) is 6.91. The number of hydrogen-bond donors (Lipinski definition) is 1. The summed E-state index contributed by atoms with van der Waals surface area (Å²) in [5.74, 6) is 1.00. The van der Waals surface area contributed by atoms with Crippen LogP contribution in [0.4, 0.5) is 5.82 Å². The molecule has 1 N–H and O–H groups in total. The number of amides is 1. The average Bonchev–Trinajstić information content (AvgIpc) is 3.25. The van der Waals surface area contributed by atoms with Crippen LogP contribution in [0.2, 0.25) is 0 Å². The predicted molar refractivity (Wildman–Crippen MR) is 116 cm³/mol. The van der Waals surface area contributed by atoms with Crippen LogP contribution in [0, 0.1) is 0 Å². The highest BCUT2D eigenvalue weighted by atomic mass is 16.2. The van der Waals surface area contributed by atoms with Crippen molar-refractivity contribution in [2.75, 3.05) is 11.9 Å². The summed E-state index contributed by atoms with van der Waals surface area (Å²) < 4.78 is 1.79. The molecule has 0 radical (unpaired) electrons. The summed E-state index contributed by atoms with van der Waals surface area (Å²) in [6, 6.07) is 20.3. The van der Waals surface area contributed by atoms with Gasteiger partial charge >= 0.3 is 0 Å². The Balaban J connectivity index is 1.71. The molecule has 7 heteroatoms. The molecular formula is C23H17N5O2. The number of rotatable bonds is 3. The van der Waals surface area contributed by atoms with Crippen molar-refractivity contribution in [2.45, 2.75) is 0 Å². The summed E-state index contributed by atoms with van der Waals surface area (Å²) >= 11 is 0. The number of pyridine rings is 1. The maximum absolute atomic E-state index is 13.1. The highest BCUT2D eigenvalue weighted by Crippen LogP contribution is 2.24. The number of hydrogen-bond acceptors (Lipinski definition) is 4. The van der Waals surface area contributed by atoms with Crippen molar-refractivity contribution in [3.8, 4) is 11.4 Å². The lowest BCUT2D eigenvalue weighted by atomic mass is 10.1. The van der Waals surface area contributed by atoms with Crippen molar-refractivity contribution in [1.82, 2.24) is 19.4 Å². The standard InChI is InChI=1S/C23H17N5O2/c1-27(20-9-5-6-12-24-20)23(30)16-10-11-17-18(13-16)28-19(22(29)26-17)14-25-21(28)15-7-3-2-4-8-15/h2-14H,1H3,(H,26,29). The fraction of sp³-hybridized carbons (Fsp3) is 0.0435. The lowest BCUT2D eigenvalue weighted by Crippen LogP contribution is -2.27. The van der Waals surface area contributed by atoms with Gasteiger partial charge in [0.2, 0.25) is 0 Å². The third-order valence-electron chi connectivity index (χ3n) is 5.06. The first-order valence-electron chi connectivity index (χ1n) is 9.41. The molecule has 5 rings (SSSR count). The van der Waals surface area contributed by atoms with Crippen LogP contribution in [-0.2, 0) is 0 Å². The van der Waals surface area contributed by atoms with E-state index in [0.717, 1.165) is 5.56 Å². The van der Waals surface area contributed by atoms with E-state index in [1.54, 1.807) is 54.2 Å². The second kappa shape index (κ2) is 6.97. The molecule has 0 aliphatic carbocycles. The Morgan fingerprint density at radius 2 is 1.77 bits per heavy atom. The lowest BCUT2D eigenvalue weighted by Gasteiger charge is -2.16. The molecule has 2 aromatic carbocycles. The quantitative estimate of drug-likeness (QED) is 0.507. The smallest absolute Gasteiger partial charge is 0.274 e. The molecule has 0 atom stereocenters. The normalized spacial score (nSPS) is 11.1. The number of carbonyl (C=O) groups excluding carboxylic acids is 1. The molecule has 146 valence electrons. The molecule has 7 nitrogen and oxygen atoms in total. The number of carbonyl (C=O) groups is 1. The third-order valence-corrected chi connectivity index (χ3v) is 5.06. The molecule has 0 bridgehead atoms. The van der Waals surface area contributed by atoms with Gasteiger partial charge < -0.3 is 4.98 Å². The van der Waals surface area contributed by atoms with Gasteiger partial charge in [0, 0.05) is 24.4 Å². The minimum absolute atomic E-state index is 0.198. The van der Waals surface area contributed by atoms with Crippen LogP contribution in [0.15, 0.2) is 83.9 Å². The van der Waals surface area contributed by atoms with E-state index < -0.39 is 0 Å². The number of imidazole rings is 1. The van der Waals surface area contributed by atoms with E-state index in [4.69, 9.17) is 0 Å². The Hall–Kier alpha value is -4.26. The van der Waals surface area contributed by atoms with Crippen LogP contribution in [0.3, 0.4) is 0 Å². The monoisotopic (exact) mass is 395 g/mol. The Kier molecular flexibility index (Phi) is 4.14. The van der Waals surface area contributed by atoms with Gasteiger partial charge in [0.05, 0.1) is 17.2 Å². The maximum Gasteiger partial charge on any atom is 0.274 e. The van der Waals surface area contributed by atoms with Crippen LogP contribution in [0.25, 0.3) is 27.9 Å². The van der Waals surface area contributed by atoms with Crippen LogP contribution in [0.5, 0.6) is 0 Å². The Morgan fingerprint density at radius 1 is 0.967 bits per heavy atom. The molecule has 0 unspecified atom stereocenters.